The lowest BCUT2D eigenvalue weighted by Gasteiger charge is -2.36. The number of rotatable bonds is 6. The molecule has 4 rings (SSSR count). The fraction of sp³-hybridized carbons (Fsp3) is 0.400. The summed E-state index contributed by atoms with van der Waals surface area (Å²) in [7, 11) is 0. The summed E-state index contributed by atoms with van der Waals surface area (Å²) >= 11 is 0. The Labute approximate surface area is 183 Å². The second-order valence-electron chi connectivity index (χ2n) is 8.66. The van der Waals surface area contributed by atoms with Crippen LogP contribution < -0.4 is 5.32 Å². The van der Waals surface area contributed by atoms with Gasteiger partial charge in [-0.25, -0.2) is 4.79 Å². The Morgan fingerprint density at radius 1 is 1.00 bits per heavy atom. The predicted molar refractivity (Wildman–Crippen MR) is 118 cm³/mol. The fourth-order valence-corrected chi connectivity index (χ4v) is 4.71. The van der Waals surface area contributed by atoms with Crippen molar-refractivity contribution in [1.82, 2.24) is 15.1 Å². The lowest BCUT2D eigenvalue weighted by molar-refractivity contribution is -0.141. The van der Waals surface area contributed by atoms with Crippen molar-refractivity contribution < 1.29 is 14.4 Å². The van der Waals surface area contributed by atoms with Gasteiger partial charge in [0.05, 0.1) is 0 Å². The number of urea groups is 1. The Morgan fingerprint density at radius 2 is 1.58 bits per heavy atom. The van der Waals surface area contributed by atoms with E-state index in [0.717, 1.165) is 35.3 Å². The number of amides is 4. The lowest BCUT2D eigenvalue weighted by atomic mass is 9.73. The van der Waals surface area contributed by atoms with Gasteiger partial charge in [0.1, 0.15) is 12.1 Å². The van der Waals surface area contributed by atoms with Gasteiger partial charge in [0, 0.05) is 13.1 Å². The van der Waals surface area contributed by atoms with Crippen LogP contribution in [0, 0.1) is 5.92 Å². The minimum Gasteiger partial charge on any atom is -0.332 e. The molecular weight excluding hydrogens is 390 g/mol. The van der Waals surface area contributed by atoms with Crippen molar-refractivity contribution in [2.45, 2.75) is 51.2 Å². The van der Waals surface area contributed by atoms with E-state index < -0.39 is 11.6 Å². The summed E-state index contributed by atoms with van der Waals surface area (Å²) in [6, 6.07) is 19.0. The molecule has 1 spiro atoms. The standard InChI is InChI=1S/C25H29N3O3/c1-19-10-8-9-15-25(19)23(30)28(24(31)26-25)18-22(29)27(16-20-11-4-2-5-12-20)17-21-13-6-3-7-14-21/h2-7,11-14,19H,8-10,15-18H2,1H3,(H,26,31)/t19-,25+/m1/s1. The molecule has 0 bridgehead atoms. The van der Waals surface area contributed by atoms with Crippen LogP contribution in [0.2, 0.25) is 0 Å². The molecule has 1 N–H and O–H groups in total. The van der Waals surface area contributed by atoms with E-state index in [2.05, 4.69) is 5.32 Å². The van der Waals surface area contributed by atoms with Crippen LogP contribution in [0.1, 0.15) is 43.7 Å². The summed E-state index contributed by atoms with van der Waals surface area (Å²) in [5.74, 6) is -0.420. The van der Waals surface area contributed by atoms with Crippen LogP contribution in [0.3, 0.4) is 0 Å². The molecule has 1 saturated carbocycles. The quantitative estimate of drug-likeness (QED) is 0.726. The number of nitrogens with one attached hydrogen (secondary N) is 1. The third kappa shape index (κ3) is 4.33. The number of hydrogen-bond acceptors (Lipinski definition) is 3. The summed E-state index contributed by atoms with van der Waals surface area (Å²) < 4.78 is 0. The maximum atomic E-state index is 13.3. The SMILES string of the molecule is C[C@@H]1CCCC[C@]12NC(=O)N(CC(=O)N(Cc1ccccc1)Cc1ccccc1)C2=O. The van der Waals surface area contributed by atoms with Crippen LogP contribution in [-0.4, -0.2) is 39.7 Å². The minimum atomic E-state index is -0.848. The van der Waals surface area contributed by atoms with Crippen molar-refractivity contribution in [2.75, 3.05) is 6.54 Å². The predicted octanol–water partition coefficient (Wildman–Crippen LogP) is 3.72. The van der Waals surface area contributed by atoms with Crippen LogP contribution in [0.4, 0.5) is 4.79 Å². The topological polar surface area (TPSA) is 69.7 Å². The summed E-state index contributed by atoms with van der Waals surface area (Å²) in [6.07, 6.45) is 3.52. The highest BCUT2D eigenvalue weighted by Crippen LogP contribution is 2.38. The van der Waals surface area contributed by atoms with E-state index in [-0.39, 0.29) is 24.3 Å². The molecular formula is C25H29N3O3. The molecule has 31 heavy (non-hydrogen) atoms. The first-order valence-corrected chi connectivity index (χ1v) is 11.0. The highest BCUT2D eigenvalue weighted by molar-refractivity contribution is 6.09. The normalized spacial score (nSPS) is 23.1. The highest BCUT2D eigenvalue weighted by atomic mass is 16.2. The second kappa shape index (κ2) is 8.92. The molecule has 6 nitrogen and oxygen atoms in total. The summed E-state index contributed by atoms with van der Waals surface area (Å²) in [4.78, 5) is 42.1. The van der Waals surface area contributed by atoms with Crippen molar-refractivity contribution in [1.29, 1.82) is 0 Å². The van der Waals surface area contributed by atoms with E-state index in [1.807, 2.05) is 67.6 Å². The van der Waals surface area contributed by atoms with E-state index in [1.165, 1.54) is 0 Å². The van der Waals surface area contributed by atoms with Crippen LogP contribution in [-0.2, 0) is 22.7 Å². The zero-order valence-corrected chi connectivity index (χ0v) is 17.9. The minimum absolute atomic E-state index is 0.0718. The van der Waals surface area contributed by atoms with Crippen molar-refractivity contribution in [3.8, 4) is 0 Å². The van der Waals surface area contributed by atoms with E-state index >= 15 is 0 Å². The molecule has 162 valence electrons. The molecule has 1 aliphatic carbocycles. The first kappa shape index (κ1) is 21.1. The van der Waals surface area contributed by atoms with E-state index in [1.54, 1.807) is 4.90 Å². The molecule has 2 aromatic rings. The molecule has 1 saturated heterocycles. The molecule has 2 aromatic carbocycles. The summed E-state index contributed by atoms with van der Waals surface area (Å²) in [5.41, 5.74) is 1.15. The Bertz CT molecular complexity index is 905. The van der Waals surface area contributed by atoms with Gasteiger partial charge in [-0.15, -0.1) is 0 Å². The molecule has 6 heteroatoms. The lowest BCUT2D eigenvalue weighted by Crippen LogP contribution is -2.54. The Balaban J connectivity index is 1.52. The molecule has 0 aromatic heterocycles. The third-order valence-corrected chi connectivity index (χ3v) is 6.58. The highest BCUT2D eigenvalue weighted by Gasteiger charge is 2.55. The number of benzene rings is 2. The van der Waals surface area contributed by atoms with Crippen LogP contribution >= 0.6 is 0 Å². The number of hydrogen-bond donors (Lipinski definition) is 1. The smallest absolute Gasteiger partial charge is 0.325 e. The maximum absolute atomic E-state index is 13.3. The molecule has 2 aliphatic rings. The Morgan fingerprint density at radius 3 is 2.13 bits per heavy atom. The van der Waals surface area contributed by atoms with Gasteiger partial charge in [0.25, 0.3) is 5.91 Å². The van der Waals surface area contributed by atoms with Gasteiger partial charge in [-0.05, 0) is 29.9 Å². The van der Waals surface area contributed by atoms with Gasteiger partial charge in [-0.3, -0.25) is 14.5 Å². The number of nitrogens with zero attached hydrogens (tertiary/aromatic N) is 2. The zero-order chi connectivity index (χ0) is 21.8. The van der Waals surface area contributed by atoms with Gasteiger partial charge in [-0.2, -0.15) is 0 Å². The van der Waals surface area contributed by atoms with Crippen LogP contribution in [0.5, 0.6) is 0 Å². The molecule has 1 heterocycles. The van der Waals surface area contributed by atoms with Gasteiger partial charge in [0.15, 0.2) is 0 Å². The number of carbonyl (C=O) groups excluding carboxylic acids is 3. The summed E-state index contributed by atoms with van der Waals surface area (Å²) in [6.45, 7) is 2.61. The zero-order valence-electron chi connectivity index (χ0n) is 17.9. The maximum Gasteiger partial charge on any atom is 0.325 e. The first-order chi connectivity index (χ1) is 15.0. The van der Waals surface area contributed by atoms with Crippen LogP contribution in [0.25, 0.3) is 0 Å². The molecule has 2 fully saturated rings. The Hall–Kier alpha value is -3.15. The van der Waals surface area contributed by atoms with Gasteiger partial charge >= 0.3 is 6.03 Å². The number of imide groups is 1. The molecule has 4 amide bonds. The fourth-order valence-electron chi connectivity index (χ4n) is 4.71. The van der Waals surface area contributed by atoms with Crippen molar-refractivity contribution in [3.63, 3.8) is 0 Å². The Kier molecular flexibility index (Phi) is 6.07. The van der Waals surface area contributed by atoms with Crippen molar-refractivity contribution >= 4 is 17.8 Å². The van der Waals surface area contributed by atoms with Crippen molar-refractivity contribution in [2.24, 2.45) is 5.92 Å². The third-order valence-electron chi connectivity index (χ3n) is 6.58. The second-order valence-corrected chi connectivity index (χ2v) is 8.66. The van der Waals surface area contributed by atoms with Gasteiger partial charge in [0.2, 0.25) is 5.91 Å². The molecule has 0 radical (unpaired) electrons. The molecule has 0 unspecified atom stereocenters. The summed E-state index contributed by atoms with van der Waals surface area (Å²) in [5, 5.41) is 2.93. The van der Waals surface area contributed by atoms with Gasteiger partial charge in [-0.1, -0.05) is 80.4 Å². The van der Waals surface area contributed by atoms with E-state index in [0.29, 0.717) is 19.5 Å². The largest absolute Gasteiger partial charge is 0.332 e. The van der Waals surface area contributed by atoms with Gasteiger partial charge < -0.3 is 10.2 Å². The first-order valence-electron chi connectivity index (χ1n) is 11.0. The van der Waals surface area contributed by atoms with E-state index in [9.17, 15) is 14.4 Å². The average Bonchev–Trinajstić information content (AvgIpc) is 3.01. The van der Waals surface area contributed by atoms with Crippen molar-refractivity contribution in [3.05, 3.63) is 71.8 Å². The average molecular weight is 420 g/mol. The van der Waals surface area contributed by atoms with E-state index in [4.69, 9.17) is 0 Å². The molecule has 2 atom stereocenters. The number of carbonyl (C=O) groups is 3. The monoisotopic (exact) mass is 419 g/mol. The molecule has 1 aliphatic heterocycles. The van der Waals surface area contributed by atoms with Crippen LogP contribution in [0.15, 0.2) is 60.7 Å².